The summed E-state index contributed by atoms with van der Waals surface area (Å²) in [5.41, 5.74) is 0.493. The molecule has 1 amide bonds. The van der Waals surface area contributed by atoms with Gasteiger partial charge in [-0.3, -0.25) is 4.79 Å². The second kappa shape index (κ2) is 6.50. The summed E-state index contributed by atoms with van der Waals surface area (Å²) in [7, 11) is 0. The van der Waals surface area contributed by atoms with Crippen LogP contribution in [0.4, 0.5) is 0 Å². The van der Waals surface area contributed by atoms with E-state index in [2.05, 4.69) is 11.9 Å². The predicted molar refractivity (Wildman–Crippen MR) is 74.5 cm³/mol. The fourth-order valence-corrected chi connectivity index (χ4v) is 2.41. The van der Waals surface area contributed by atoms with Crippen molar-refractivity contribution in [1.82, 2.24) is 9.88 Å². The number of piperidine rings is 1. The van der Waals surface area contributed by atoms with Crippen LogP contribution in [0.1, 0.15) is 47.7 Å². The summed E-state index contributed by atoms with van der Waals surface area (Å²) in [6, 6.07) is 4.87. The van der Waals surface area contributed by atoms with E-state index in [1.54, 1.807) is 25.1 Å². The van der Waals surface area contributed by atoms with Crippen LogP contribution in [0, 0.1) is 5.92 Å². The van der Waals surface area contributed by atoms with Crippen molar-refractivity contribution in [1.29, 1.82) is 0 Å². The molecule has 1 aromatic heterocycles. The van der Waals surface area contributed by atoms with Crippen LogP contribution in [0.15, 0.2) is 18.2 Å². The molecule has 0 saturated carbocycles. The first-order valence-electron chi connectivity index (χ1n) is 7.05. The average molecular weight is 276 g/mol. The molecule has 0 aromatic carbocycles. The van der Waals surface area contributed by atoms with Gasteiger partial charge in [0, 0.05) is 13.1 Å². The van der Waals surface area contributed by atoms with Crippen molar-refractivity contribution in [3.63, 3.8) is 0 Å². The van der Waals surface area contributed by atoms with Crippen molar-refractivity contribution in [2.24, 2.45) is 5.92 Å². The first-order chi connectivity index (χ1) is 9.61. The molecular weight excluding hydrogens is 256 g/mol. The van der Waals surface area contributed by atoms with Gasteiger partial charge in [-0.2, -0.15) is 0 Å². The molecule has 2 heterocycles. The van der Waals surface area contributed by atoms with E-state index in [-0.39, 0.29) is 11.6 Å². The second-order valence-corrected chi connectivity index (χ2v) is 5.13. The van der Waals surface area contributed by atoms with Crippen LogP contribution in [-0.2, 0) is 4.74 Å². The molecule has 1 saturated heterocycles. The Hall–Kier alpha value is -1.91. The molecule has 5 nitrogen and oxygen atoms in total. The summed E-state index contributed by atoms with van der Waals surface area (Å²) in [6.07, 6.45) is 2.17. The zero-order valence-corrected chi connectivity index (χ0v) is 12.0. The van der Waals surface area contributed by atoms with Crippen LogP contribution in [0.3, 0.4) is 0 Å². The number of amides is 1. The molecule has 0 bridgehead atoms. The zero-order valence-electron chi connectivity index (χ0n) is 12.0. The Morgan fingerprint density at radius 2 is 2.15 bits per heavy atom. The molecule has 1 aliphatic heterocycles. The van der Waals surface area contributed by atoms with Crippen molar-refractivity contribution in [2.45, 2.75) is 26.7 Å². The number of ether oxygens (including phenoxy) is 1. The van der Waals surface area contributed by atoms with E-state index in [0.29, 0.717) is 18.2 Å². The van der Waals surface area contributed by atoms with Gasteiger partial charge in [0.15, 0.2) is 0 Å². The number of hydrogen-bond donors (Lipinski definition) is 0. The van der Waals surface area contributed by atoms with Gasteiger partial charge < -0.3 is 9.64 Å². The first-order valence-corrected chi connectivity index (χ1v) is 7.05. The fourth-order valence-electron chi connectivity index (χ4n) is 2.41. The Balaban J connectivity index is 2.13. The third-order valence-corrected chi connectivity index (χ3v) is 3.40. The molecule has 0 radical (unpaired) electrons. The number of likely N-dealkylation sites (tertiary alicyclic amines) is 1. The van der Waals surface area contributed by atoms with Crippen LogP contribution >= 0.6 is 0 Å². The molecule has 20 heavy (non-hydrogen) atoms. The van der Waals surface area contributed by atoms with E-state index < -0.39 is 5.97 Å². The molecule has 2 rings (SSSR count). The summed E-state index contributed by atoms with van der Waals surface area (Å²) in [5.74, 6) is -0.0854. The SMILES string of the molecule is CCOC(=O)c1cccc(C(=O)N2CCCC(C)C2)n1. The molecule has 5 heteroatoms. The lowest BCUT2D eigenvalue weighted by Gasteiger charge is -2.30. The molecule has 1 unspecified atom stereocenters. The number of carbonyl (C=O) groups is 2. The van der Waals surface area contributed by atoms with E-state index in [1.165, 1.54) is 0 Å². The minimum Gasteiger partial charge on any atom is -0.461 e. The van der Waals surface area contributed by atoms with Gasteiger partial charge in [0.2, 0.25) is 0 Å². The molecule has 1 fully saturated rings. The van der Waals surface area contributed by atoms with Crippen LogP contribution in [0.25, 0.3) is 0 Å². The van der Waals surface area contributed by atoms with Crippen LogP contribution in [0.2, 0.25) is 0 Å². The van der Waals surface area contributed by atoms with E-state index in [0.717, 1.165) is 25.9 Å². The molecular formula is C15H20N2O3. The van der Waals surface area contributed by atoms with Gasteiger partial charge in [0.25, 0.3) is 5.91 Å². The van der Waals surface area contributed by atoms with Gasteiger partial charge in [0.05, 0.1) is 6.61 Å². The lowest BCUT2D eigenvalue weighted by Crippen LogP contribution is -2.39. The summed E-state index contributed by atoms with van der Waals surface area (Å²) < 4.78 is 4.90. The van der Waals surface area contributed by atoms with Crippen molar-refractivity contribution in [2.75, 3.05) is 19.7 Å². The number of carbonyl (C=O) groups excluding carboxylic acids is 2. The molecule has 0 aliphatic carbocycles. The van der Waals surface area contributed by atoms with E-state index in [9.17, 15) is 9.59 Å². The fraction of sp³-hybridized carbons (Fsp3) is 0.533. The topological polar surface area (TPSA) is 59.5 Å². The van der Waals surface area contributed by atoms with E-state index in [1.807, 2.05) is 4.90 Å². The standard InChI is InChI=1S/C15H20N2O3/c1-3-20-15(19)13-8-4-7-12(16-13)14(18)17-9-5-6-11(2)10-17/h4,7-8,11H,3,5-6,9-10H2,1-2H3. The Bertz CT molecular complexity index is 502. The largest absolute Gasteiger partial charge is 0.461 e. The highest BCUT2D eigenvalue weighted by Gasteiger charge is 2.23. The minimum atomic E-state index is -0.492. The summed E-state index contributed by atoms with van der Waals surface area (Å²) >= 11 is 0. The Kier molecular flexibility index (Phi) is 4.71. The maximum Gasteiger partial charge on any atom is 0.356 e. The number of rotatable bonds is 3. The summed E-state index contributed by atoms with van der Waals surface area (Å²) in [6.45, 7) is 5.69. The van der Waals surface area contributed by atoms with Gasteiger partial charge in [-0.1, -0.05) is 13.0 Å². The van der Waals surface area contributed by atoms with E-state index >= 15 is 0 Å². The van der Waals surface area contributed by atoms with Crippen LogP contribution in [-0.4, -0.2) is 41.5 Å². The molecule has 1 atom stereocenters. The molecule has 1 aromatic rings. The number of aromatic nitrogens is 1. The first kappa shape index (κ1) is 14.5. The quantitative estimate of drug-likeness (QED) is 0.793. The highest BCUT2D eigenvalue weighted by atomic mass is 16.5. The van der Waals surface area contributed by atoms with Gasteiger partial charge in [-0.05, 0) is 37.8 Å². The summed E-state index contributed by atoms with van der Waals surface area (Å²) in [5, 5.41) is 0. The maximum absolute atomic E-state index is 12.4. The Labute approximate surface area is 118 Å². The number of hydrogen-bond acceptors (Lipinski definition) is 4. The number of pyridine rings is 1. The van der Waals surface area contributed by atoms with Gasteiger partial charge in [-0.25, -0.2) is 9.78 Å². The maximum atomic E-state index is 12.4. The highest BCUT2D eigenvalue weighted by molar-refractivity contribution is 5.94. The van der Waals surface area contributed by atoms with Crippen molar-refractivity contribution in [3.8, 4) is 0 Å². The molecule has 108 valence electrons. The second-order valence-electron chi connectivity index (χ2n) is 5.13. The van der Waals surface area contributed by atoms with Crippen LogP contribution < -0.4 is 0 Å². The summed E-state index contributed by atoms with van der Waals surface area (Å²) in [4.78, 5) is 30.0. The van der Waals surface area contributed by atoms with Crippen LogP contribution in [0.5, 0.6) is 0 Å². The molecule has 0 N–H and O–H groups in total. The predicted octanol–water partition coefficient (Wildman–Crippen LogP) is 2.13. The minimum absolute atomic E-state index is 0.109. The molecule has 0 spiro atoms. The van der Waals surface area contributed by atoms with Crippen molar-refractivity contribution >= 4 is 11.9 Å². The Morgan fingerprint density at radius 3 is 2.85 bits per heavy atom. The lowest BCUT2D eigenvalue weighted by molar-refractivity contribution is 0.0519. The third kappa shape index (κ3) is 3.35. The highest BCUT2D eigenvalue weighted by Crippen LogP contribution is 2.17. The monoisotopic (exact) mass is 276 g/mol. The zero-order chi connectivity index (χ0) is 14.5. The third-order valence-electron chi connectivity index (χ3n) is 3.40. The number of esters is 1. The lowest BCUT2D eigenvalue weighted by atomic mass is 10.00. The number of nitrogens with zero attached hydrogens (tertiary/aromatic N) is 2. The van der Waals surface area contributed by atoms with E-state index in [4.69, 9.17) is 4.74 Å². The van der Waals surface area contributed by atoms with Gasteiger partial charge in [0.1, 0.15) is 11.4 Å². The van der Waals surface area contributed by atoms with Gasteiger partial charge >= 0.3 is 5.97 Å². The van der Waals surface area contributed by atoms with Crippen molar-refractivity contribution in [3.05, 3.63) is 29.6 Å². The average Bonchev–Trinajstić information content (AvgIpc) is 2.47. The normalized spacial score (nSPS) is 18.7. The smallest absolute Gasteiger partial charge is 0.356 e. The Morgan fingerprint density at radius 1 is 1.40 bits per heavy atom. The van der Waals surface area contributed by atoms with Gasteiger partial charge in [-0.15, -0.1) is 0 Å². The van der Waals surface area contributed by atoms with Crippen molar-refractivity contribution < 1.29 is 14.3 Å². The molecule has 1 aliphatic rings.